The van der Waals surface area contributed by atoms with Gasteiger partial charge in [0.15, 0.2) is 0 Å². The molecule has 10 heteroatoms. The van der Waals surface area contributed by atoms with Gasteiger partial charge in [-0.15, -0.1) is 0 Å². The van der Waals surface area contributed by atoms with Crippen molar-refractivity contribution in [2.75, 3.05) is 10.8 Å². The Morgan fingerprint density at radius 1 is 0.925 bits per heavy atom. The first-order valence-corrected chi connectivity index (χ1v) is 15.2. The number of amides is 2. The summed E-state index contributed by atoms with van der Waals surface area (Å²) in [6.07, 6.45) is 0.310. The van der Waals surface area contributed by atoms with Crippen molar-refractivity contribution < 1.29 is 18.0 Å². The highest BCUT2D eigenvalue weighted by atomic mass is 35.5. The lowest BCUT2D eigenvalue weighted by atomic mass is 10.1. The number of halogens is 2. The molecular weight excluding hydrogens is 569 g/mol. The number of aryl methyl sites for hydroxylation is 2. The van der Waals surface area contributed by atoms with Gasteiger partial charge < -0.3 is 10.2 Å². The first-order chi connectivity index (χ1) is 18.8. The molecule has 0 aliphatic heterocycles. The van der Waals surface area contributed by atoms with E-state index in [0.717, 1.165) is 15.4 Å². The lowest BCUT2D eigenvalue weighted by Crippen LogP contribution is -2.53. The smallest absolute Gasteiger partial charge is 0.264 e. The molecule has 0 spiro atoms. The highest BCUT2D eigenvalue weighted by molar-refractivity contribution is 7.92. The lowest BCUT2D eigenvalue weighted by molar-refractivity contribution is -0.140. The van der Waals surface area contributed by atoms with Gasteiger partial charge in [0.25, 0.3) is 10.0 Å². The van der Waals surface area contributed by atoms with Gasteiger partial charge in [-0.3, -0.25) is 13.9 Å². The number of carbonyl (C=O) groups is 2. The topological polar surface area (TPSA) is 86.8 Å². The molecule has 0 aliphatic carbocycles. The zero-order valence-corrected chi connectivity index (χ0v) is 25.6. The summed E-state index contributed by atoms with van der Waals surface area (Å²) in [5, 5.41) is 3.65. The second-order valence-electron chi connectivity index (χ2n) is 9.94. The van der Waals surface area contributed by atoms with Crippen molar-refractivity contribution in [2.24, 2.45) is 0 Å². The van der Waals surface area contributed by atoms with Gasteiger partial charge in [-0.1, -0.05) is 60.5 Å². The Bertz CT molecular complexity index is 1460. The van der Waals surface area contributed by atoms with Crippen LogP contribution in [0.15, 0.2) is 71.6 Å². The Labute approximate surface area is 247 Å². The third-order valence-corrected chi connectivity index (χ3v) is 8.94. The van der Waals surface area contributed by atoms with Crippen LogP contribution in [-0.2, 0) is 26.2 Å². The van der Waals surface area contributed by atoms with Gasteiger partial charge in [0.2, 0.25) is 11.8 Å². The fourth-order valence-electron chi connectivity index (χ4n) is 4.26. The minimum Gasteiger partial charge on any atom is -0.352 e. The van der Waals surface area contributed by atoms with Crippen LogP contribution in [0, 0.1) is 13.8 Å². The molecule has 3 aromatic rings. The normalized spacial score (nSPS) is 12.2. The molecule has 0 radical (unpaired) electrons. The second-order valence-corrected chi connectivity index (χ2v) is 12.6. The quantitative estimate of drug-likeness (QED) is 0.285. The van der Waals surface area contributed by atoms with Crippen molar-refractivity contribution in [2.45, 2.75) is 64.6 Å². The first-order valence-electron chi connectivity index (χ1n) is 13.0. The Kier molecular flexibility index (Phi) is 10.6. The van der Waals surface area contributed by atoms with Crippen molar-refractivity contribution in [3.63, 3.8) is 0 Å². The molecule has 0 aliphatic rings. The summed E-state index contributed by atoms with van der Waals surface area (Å²) in [5.74, 6) is -0.880. The summed E-state index contributed by atoms with van der Waals surface area (Å²) < 4.78 is 28.9. The molecular formula is C30H35Cl2N3O4S. The average Bonchev–Trinajstić information content (AvgIpc) is 2.90. The number of carbonyl (C=O) groups excluding carboxylic acids is 2. The van der Waals surface area contributed by atoms with E-state index in [1.165, 1.54) is 17.0 Å². The molecule has 40 heavy (non-hydrogen) atoms. The van der Waals surface area contributed by atoms with E-state index in [2.05, 4.69) is 5.32 Å². The molecule has 0 heterocycles. The number of hydrogen-bond acceptors (Lipinski definition) is 4. The van der Waals surface area contributed by atoms with Crippen LogP contribution in [0.1, 0.15) is 43.9 Å². The van der Waals surface area contributed by atoms with E-state index in [1.54, 1.807) is 55.5 Å². The van der Waals surface area contributed by atoms with Crippen molar-refractivity contribution in [3.05, 3.63) is 93.5 Å². The van der Waals surface area contributed by atoms with Gasteiger partial charge >= 0.3 is 0 Å². The van der Waals surface area contributed by atoms with Gasteiger partial charge in [0.05, 0.1) is 10.6 Å². The second kappa shape index (κ2) is 13.5. The first kappa shape index (κ1) is 31.5. The van der Waals surface area contributed by atoms with Gasteiger partial charge in [0.1, 0.15) is 12.6 Å². The van der Waals surface area contributed by atoms with Crippen molar-refractivity contribution >= 4 is 50.7 Å². The Morgan fingerprint density at radius 2 is 1.60 bits per heavy atom. The minimum atomic E-state index is -4.13. The maximum Gasteiger partial charge on any atom is 0.264 e. The summed E-state index contributed by atoms with van der Waals surface area (Å²) in [4.78, 5) is 28.8. The maximum absolute atomic E-state index is 14.1. The molecule has 3 aromatic carbocycles. The number of sulfonamides is 1. The number of hydrogen-bond donors (Lipinski definition) is 1. The van der Waals surface area contributed by atoms with Crippen LogP contribution in [0.2, 0.25) is 10.0 Å². The summed E-state index contributed by atoms with van der Waals surface area (Å²) in [6, 6.07) is 17.1. The van der Waals surface area contributed by atoms with E-state index in [-0.39, 0.29) is 23.4 Å². The van der Waals surface area contributed by atoms with Crippen LogP contribution >= 0.6 is 23.2 Å². The van der Waals surface area contributed by atoms with Crippen molar-refractivity contribution in [3.8, 4) is 0 Å². The standard InChI is InChI=1S/C30H35Cl2N3O4S/c1-6-28(30(37)33-20(2)3)34(18-23-13-14-24(31)17-27(23)32)29(36)19-35(25-15-12-21(4)22(5)16-25)40(38,39)26-10-8-7-9-11-26/h7-17,20,28H,6,18-19H2,1-5H3,(H,33,37)/t28-/m1/s1. The molecule has 0 saturated carbocycles. The van der Waals surface area contributed by atoms with Crippen molar-refractivity contribution in [1.82, 2.24) is 10.2 Å². The highest BCUT2D eigenvalue weighted by Crippen LogP contribution is 2.28. The molecule has 1 atom stereocenters. The van der Waals surface area contributed by atoms with E-state index in [9.17, 15) is 18.0 Å². The Balaban J connectivity index is 2.10. The molecule has 0 aromatic heterocycles. The van der Waals surface area contributed by atoms with Crippen LogP contribution in [0.5, 0.6) is 0 Å². The third kappa shape index (κ3) is 7.56. The molecule has 3 rings (SSSR count). The lowest BCUT2D eigenvalue weighted by Gasteiger charge is -2.34. The molecule has 2 amide bonds. The predicted octanol–water partition coefficient (Wildman–Crippen LogP) is 6.14. The fraction of sp³-hybridized carbons (Fsp3) is 0.333. The zero-order chi connectivity index (χ0) is 29.6. The van der Waals surface area contributed by atoms with Crippen LogP contribution in [0.4, 0.5) is 5.69 Å². The van der Waals surface area contributed by atoms with Crippen LogP contribution in [-0.4, -0.2) is 43.8 Å². The Morgan fingerprint density at radius 3 is 2.17 bits per heavy atom. The summed E-state index contributed by atoms with van der Waals surface area (Å²) in [7, 11) is -4.13. The van der Waals surface area contributed by atoms with E-state index in [4.69, 9.17) is 23.2 Å². The largest absolute Gasteiger partial charge is 0.352 e. The molecule has 1 N–H and O–H groups in total. The van der Waals surface area contributed by atoms with E-state index in [0.29, 0.717) is 27.7 Å². The van der Waals surface area contributed by atoms with Crippen LogP contribution in [0.25, 0.3) is 0 Å². The van der Waals surface area contributed by atoms with Gasteiger partial charge in [-0.2, -0.15) is 0 Å². The maximum atomic E-state index is 14.1. The average molecular weight is 605 g/mol. The minimum absolute atomic E-state index is 0.00892. The number of nitrogens with one attached hydrogen (secondary N) is 1. The fourth-order valence-corrected chi connectivity index (χ4v) is 6.16. The molecule has 0 fully saturated rings. The Hall–Kier alpha value is -3.07. The molecule has 214 valence electrons. The third-order valence-electron chi connectivity index (χ3n) is 6.56. The van der Waals surface area contributed by atoms with E-state index in [1.807, 2.05) is 33.8 Å². The molecule has 0 saturated heterocycles. The van der Waals surface area contributed by atoms with Crippen molar-refractivity contribution in [1.29, 1.82) is 0 Å². The van der Waals surface area contributed by atoms with Gasteiger partial charge in [0, 0.05) is 22.6 Å². The van der Waals surface area contributed by atoms with Crippen LogP contribution in [0.3, 0.4) is 0 Å². The molecule has 0 unspecified atom stereocenters. The van der Waals surface area contributed by atoms with E-state index < -0.39 is 28.5 Å². The number of nitrogens with zero attached hydrogens (tertiary/aromatic N) is 2. The van der Waals surface area contributed by atoms with Gasteiger partial charge in [-0.05, 0) is 87.2 Å². The molecule has 7 nitrogen and oxygen atoms in total. The SMILES string of the molecule is CC[C@H](C(=O)NC(C)C)N(Cc1ccc(Cl)cc1Cl)C(=O)CN(c1ccc(C)c(C)c1)S(=O)(=O)c1ccccc1. The predicted molar refractivity (Wildman–Crippen MR) is 161 cm³/mol. The number of anilines is 1. The summed E-state index contributed by atoms with van der Waals surface area (Å²) in [5.41, 5.74) is 2.80. The number of rotatable bonds is 11. The summed E-state index contributed by atoms with van der Waals surface area (Å²) >= 11 is 12.5. The van der Waals surface area contributed by atoms with Crippen LogP contribution < -0.4 is 9.62 Å². The van der Waals surface area contributed by atoms with Gasteiger partial charge in [-0.25, -0.2) is 8.42 Å². The monoisotopic (exact) mass is 603 g/mol. The summed E-state index contributed by atoms with van der Waals surface area (Å²) in [6.45, 7) is 8.75. The molecule has 0 bridgehead atoms. The highest BCUT2D eigenvalue weighted by Gasteiger charge is 2.34. The zero-order valence-electron chi connectivity index (χ0n) is 23.3. The number of benzene rings is 3. The van der Waals surface area contributed by atoms with E-state index >= 15 is 0 Å².